The van der Waals surface area contributed by atoms with E-state index in [1.807, 2.05) is 45.0 Å². The fourth-order valence-corrected chi connectivity index (χ4v) is 4.69. The third-order valence-electron chi connectivity index (χ3n) is 7.18. The first-order chi connectivity index (χ1) is 22.3. The standard InChI is InChI=1S/C36H37F3N2O6/c1-5-28(21-33(42)25-8-12-27(13-9-25)36(37,38)39)40-32(35(43)44)20-24-6-14-29(15-7-24)45-19-18-31-23(4)47-34(41-31)26-10-16-30(17-11-26)46-22(2)3/h6-17,21-22,32,40H,5,18-20H2,1-4H3,(H,43,44)/t32-/m0/s1. The lowest BCUT2D eigenvalue weighted by Gasteiger charge is -2.18. The average Bonchev–Trinajstić information content (AvgIpc) is 3.40. The van der Waals surface area contributed by atoms with Crippen molar-refractivity contribution in [3.05, 3.63) is 113 Å². The molecule has 47 heavy (non-hydrogen) atoms. The Bertz CT molecular complexity index is 1680. The zero-order valence-electron chi connectivity index (χ0n) is 26.6. The van der Waals surface area contributed by atoms with Gasteiger partial charge in [-0.1, -0.05) is 31.2 Å². The number of hydrogen-bond donors (Lipinski definition) is 2. The molecule has 1 heterocycles. The van der Waals surface area contributed by atoms with E-state index >= 15 is 0 Å². The number of nitrogens with zero attached hydrogens (tertiary/aromatic N) is 1. The van der Waals surface area contributed by atoms with Gasteiger partial charge in [0.15, 0.2) is 5.78 Å². The number of ether oxygens (including phenoxy) is 2. The molecule has 0 unspecified atom stereocenters. The molecule has 0 fully saturated rings. The minimum Gasteiger partial charge on any atom is -0.493 e. The smallest absolute Gasteiger partial charge is 0.416 e. The number of carbonyl (C=O) groups excluding carboxylic acids is 1. The highest BCUT2D eigenvalue weighted by Crippen LogP contribution is 2.29. The Hall–Kier alpha value is -5.06. The number of benzene rings is 3. The fourth-order valence-electron chi connectivity index (χ4n) is 4.69. The van der Waals surface area contributed by atoms with Crippen molar-refractivity contribution in [3.63, 3.8) is 0 Å². The van der Waals surface area contributed by atoms with E-state index in [4.69, 9.17) is 13.9 Å². The van der Waals surface area contributed by atoms with E-state index in [-0.39, 0.29) is 18.1 Å². The molecule has 0 radical (unpaired) electrons. The first-order valence-corrected chi connectivity index (χ1v) is 15.2. The zero-order chi connectivity index (χ0) is 34.1. The van der Waals surface area contributed by atoms with Gasteiger partial charge in [0.2, 0.25) is 5.89 Å². The van der Waals surface area contributed by atoms with Crippen LogP contribution in [0.5, 0.6) is 11.5 Å². The predicted octanol–water partition coefficient (Wildman–Crippen LogP) is 7.84. The summed E-state index contributed by atoms with van der Waals surface area (Å²) in [4.78, 5) is 29.3. The number of carboxylic acid groups (broad SMARTS) is 1. The van der Waals surface area contributed by atoms with Gasteiger partial charge in [-0.25, -0.2) is 9.78 Å². The van der Waals surface area contributed by atoms with Crippen molar-refractivity contribution >= 4 is 11.8 Å². The SMILES string of the molecule is CCC(=CC(=O)c1ccc(C(F)(F)F)cc1)N[C@@H](Cc1ccc(OCCc2nc(-c3ccc(OC(C)C)cc3)oc2C)cc1)C(=O)O. The molecule has 0 aliphatic carbocycles. The molecule has 1 aromatic heterocycles. The van der Waals surface area contributed by atoms with Crippen LogP contribution in [0.3, 0.4) is 0 Å². The summed E-state index contributed by atoms with van der Waals surface area (Å²) >= 11 is 0. The summed E-state index contributed by atoms with van der Waals surface area (Å²) < 4.78 is 56.0. The summed E-state index contributed by atoms with van der Waals surface area (Å²) in [5.74, 6) is 0.951. The maximum atomic E-state index is 12.8. The number of oxazole rings is 1. The third-order valence-corrected chi connectivity index (χ3v) is 7.18. The van der Waals surface area contributed by atoms with Crippen molar-refractivity contribution in [1.29, 1.82) is 0 Å². The van der Waals surface area contributed by atoms with Crippen molar-refractivity contribution < 1.29 is 41.8 Å². The second-order valence-corrected chi connectivity index (χ2v) is 11.2. The Kier molecular flexibility index (Phi) is 11.5. The van der Waals surface area contributed by atoms with Gasteiger partial charge >= 0.3 is 12.1 Å². The van der Waals surface area contributed by atoms with E-state index in [0.717, 1.165) is 46.8 Å². The number of hydrogen-bond acceptors (Lipinski definition) is 7. The molecule has 11 heteroatoms. The molecule has 0 amide bonds. The number of carboxylic acids is 1. The van der Waals surface area contributed by atoms with Crippen molar-refractivity contribution in [2.75, 3.05) is 6.61 Å². The number of aromatic nitrogens is 1. The highest BCUT2D eigenvalue weighted by molar-refractivity contribution is 6.04. The van der Waals surface area contributed by atoms with Crippen LogP contribution in [-0.4, -0.2) is 40.6 Å². The zero-order valence-corrected chi connectivity index (χ0v) is 26.6. The molecule has 0 saturated carbocycles. The van der Waals surface area contributed by atoms with Gasteiger partial charge in [-0.3, -0.25) is 4.79 Å². The molecule has 1 atom stereocenters. The van der Waals surface area contributed by atoms with E-state index in [2.05, 4.69) is 10.3 Å². The molecule has 0 bridgehead atoms. The summed E-state index contributed by atoms with van der Waals surface area (Å²) in [5, 5.41) is 12.7. The topological polar surface area (TPSA) is 111 Å². The van der Waals surface area contributed by atoms with Crippen LogP contribution in [0, 0.1) is 6.92 Å². The predicted molar refractivity (Wildman–Crippen MR) is 170 cm³/mol. The van der Waals surface area contributed by atoms with E-state index in [9.17, 15) is 27.9 Å². The quantitative estimate of drug-likeness (QED) is 0.0989. The lowest BCUT2D eigenvalue weighted by molar-refractivity contribution is -0.139. The van der Waals surface area contributed by atoms with E-state index < -0.39 is 29.5 Å². The van der Waals surface area contributed by atoms with Crippen LogP contribution in [-0.2, 0) is 23.8 Å². The Balaban J connectivity index is 1.31. The first kappa shape index (κ1) is 34.8. The van der Waals surface area contributed by atoms with Gasteiger partial charge in [-0.2, -0.15) is 13.2 Å². The van der Waals surface area contributed by atoms with Crippen LogP contribution in [0.4, 0.5) is 13.2 Å². The summed E-state index contributed by atoms with van der Waals surface area (Å²) in [7, 11) is 0. The maximum absolute atomic E-state index is 12.8. The number of ketones is 1. The molecule has 4 aromatic rings. The van der Waals surface area contributed by atoms with Gasteiger partial charge in [0, 0.05) is 35.7 Å². The summed E-state index contributed by atoms with van der Waals surface area (Å²) in [5.41, 5.74) is 1.91. The molecule has 2 N–H and O–H groups in total. The van der Waals surface area contributed by atoms with Gasteiger partial charge in [0.25, 0.3) is 0 Å². The molecule has 8 nitrogen and oxygen atoms in total. The number of rotatable bonds is 15. The van der Waals surface area contributed by atoms with Crippen LogP contribution in [0.15, 0.2) is 89.0 Å². The van der Waals surface area contributed by atoms with Crippen molar-refractivity contribution in [1.82, 2.24) is 10.3 Å². The second-order valence-electron chi connectivity index (χ2n) is 11.2. The number of alkyl halides is 3. The molecule has 0 aliphatic heterocycles. The number of aryl methyl sites for hydroxylation is 1. The Morgan fingerprint density at radius 1 is 0.979 bits per heavy atom. The van der Waals surface area contributed by atoms with Crippen molar-refractivity contribution in [2.24, 2.45) is 0 Å². The largest absolute Gasteiger partial charge is 0.493 e. The second kappa shape index (κ2) is 15.5. The van der Waals surface area contributed by atoms with Crippen LogP contribution < -0.4 is 14.8 Å². The fraction of sp³-hybridized carbons (Fsp3) is 0.306. The summed E-state index contributed by atoms with van der Waals surface area (Å²) in [6.07, 6.45) is -2.26. The average molecular weight is 651 g/mol. The van der Waals surface area contributed by atoms with Gasteiger partial charge in [-0.15, -0.1) is 0 Å². The molecule has 3 aromatic carbocycles. The normalized spacial score (nSPS) is 12.6. The summed E-state index contributed by atoms with van der Waals surface area (Å²) in [6, 6.07) is 17.4. The molecule has 4 rings (SSSR count). The van der Waals surface area contributed by atoms with Crippen molar-refractivity contribution in [3.8, 4) is 23.0 Å². The minimum absolute atomic E-state index is 0.0646. The number of aliphatic carboxylic acids is 1. The minimum atomic E-state index is -4.51. The maximum Gasteiger partial charge on any atom is 0.416 e. The van der Waals surface area contributed by atoms with Crippen LogP contribution in [0.25, 0.3) is 11.5 Å². The molecule has 0 saturated heterocycles. The molecule has 248 valence electrons. The number of halogens is 3. The van der Waals surface area contributed by atoms with Gasteiger partial charge in [-0.05, 0) is 81.3 Å². The van der Waals surface area contributed by atoms with Crippen LogP contribution in [0.2, 0.25) is 0 Å². The van der Waals surface area contributed by atoms with E-state index in [1.165, 1.54) is 6.08 Å². The molecule has 0 aliphatic rings. The highest BCUT2D eigenvalue weighted by Gasteiger charge is 2.30. The summed E-state index contributed by atoms with van der Waals surface area (Å²) in [6.45, 7) is 7.88. The number of allylic oxidation sites excluding steroid dienone is 2. The highest BCUT2D eigenvalue weighted by atomic mass is 19.4. The van der Waals surface area contributed by atoms with Crippen molar-refractivity contribution in [2.45, 2.75) is 65.3 Å². The lowest BCUT2D eigenvalue weighted by atomic mass is 10.0. The monoisotopic (exact) mass is 650 g/mol. The Morgan fingerprint density at radius 3 is 2.19 bits per heavy atom. The molecule has 0 spiro atoms. The first-order valence-electron chi connectivity index (χ1n) is 15.2. The Morgan fingerprint density at radius 2 is 1.62 bits per heavy atom. The van der Waals surface area contributed by atoms with E-state index in [1.54, 1.807) is 31.2 Å². The Labute approximate surface area is 271 Å². The van der Waals surface area contributed by atoms with Gasteiger partial charge in [0.1, 0.15) is 23.3 Å². The van der Waals surface area contributed by atoms with E-state index in [0.29, 0.717) is 42.5 Å². The number of nitrogens with one attached hydrogen (secondary N) is 1. The lowest BCUT2D eigenvalue weighted by Crippen LogP contribution is -2.38. The third kappa shape index (κ3) is 9.96. The van der Waals surface area contributed by atoms with Gasteiger partial charge in [0.05, 0.1) is 24.0 Å². The van der Waals surface area contributed by atoms with Gasteiger partial charge < -0.3 is 24.3 Å². The van der Waals surface area contributed by atoms with Crippen LogP contribution >= 0.6 is 0 Å². The molecular formula is C36H37F3N2O6. The number of carbonyl (C=O) groups is 2. The van der Waals surface area contributed by atoms with Crippen LogP contribution in [0.1, 0.15) is 60.1 Å². The molecular weight excluding hydrogens is 613 g/mol.